The van der Waals surface area contributed by atoms with E-state index >= 15 is 0 Å². The van der Waals surface area contributed by atoms with Crippen molar-refractivity contribution in [3.8, 4) is 22.3 Å². The van der Waals surface area contributed by atoms with E-state index in [-0.39, 0.29) is 24.3 Å². The highest BCUT2D eigenvalue weighted by molar-refractivity contribution is 5.88. The molecule has 0 radical (unpaired) electrons. The van der Waals surface area contributed by atoms with E-state index in [0.717, 1.165) is 72.2 Å². The Morgan fingerprint density at radius 1 is 0.643 bits per heavy atom. The maximum atomic E-state index is 13.1. The average Bonchev–Trinajstić information content (AvgIpc) is 3.97. The van der Waals surface area contributed by atoms with Crippen LogP contribution in [0.15, 0.2) is 48.5 Å². The Kier molecular flexibility index (Phi) is 8.97. The Bertz CT molecular complexity index is 2160. The normalized spacial score (nSPS) is 21.0. The number of amides is 2. The minimum absolute atomic E-state index is 0.124. The van der Waals surface area contributed by atoms with E-state index in [2.05, 4.69) is 58.5 Å². The van der Waals surface area contributed by atoms with Crippen LogP contribution in [0.25, 0.3) is 44.3 Å². The molecule has 0 unspecified atom stereocenters. The number of aromatic amines is 2. The molecule has 10 nitrogen and oxygen atoms in total. The molecule has 2 aliphatic heterocycles. The lowest BCUT2D eigenvalue weighted by Crippen LogP contribution is -2.36. The maximum Gasteiger partial charge on any atom is 0.410 e. The van der Waals surface area contributed by atoms with E-state index in [4.69, 9.17) is 19.4 Å². The van der Waals surface area contributed by atoms with E-state index in [9.17, 15) is 9.59 Å². The fourth-order valence-electron chi connectivity index (χ4n) is 10.00. The second-order valence-corrected chi connectivity index (χ2v) is 18.9. The van der Waals surface area contributed by atoms with Gasteiger partial charge in [0.15, 0.2) is 0 Å². The summed E-state index contributed by atoms with van der Waals surface area (Å²) in [5, 5.41) is 0. The molecule has 2 atom stereocenters. The molecule has 0 bridgehead atoms. The molecule has 1 saturated carbocycles. The summed E-state index contributed by atoms with van der Waals surface area (Å²) in [4.78, 5) is 47.1. The summed E-state index contributed by atoms with van der Waals surface area (Å²) < 4.78 is 11.5. The van der Waals surface area contributed by atoms with Crippen LogP contribution in [-0.4, -0.2) is 66.2 Å². The first-order valence-electron chi connectivity index (χ1n) is 20.9. The number of fused-ring (bicyclic) bond motifs is 3. The monoisotopic (exact) mass is 756 g/mol. The number of benzene rings is 3. The third-order valence-electron chi connectivity index (χ3n) is 12.5. The summed E-state index contributed by atoms with van der Waals surface area (Å²) in [6, 6.07) is 17.6. The Hall–Kier alpha value is -4.86. The van der Waals surface area contributed by atoms with Gasteiger partial charge in [0.05, 0.1) is 34.2 Å². The van der Waals surface area contributed by atoms with Crippen molar-refractivity contribution in [2.24, 2.45) is 5.41 Å². The third kappa shape index (κ3) is 6.94. The number of carbonyl (C=O) groups excluding carboxylic acids is 2. The first-order valence-corrected chi connectivity index (χ1v) is 20.9. The molecular weight excluding hydrogens is 701 g/mol. The lowest BCUT2D eigenvalue weighted by Gasteiger charge is -2.33. The summed E-state index contributed by atoms with van der Waals surface area (Å²) in [6.45, 7) is 12.8. The minimum atomic E-state index is -0.545. The lowest BCUT2D eigenvalue weighted by molar-refractivity contribution is 0.0208. The molecule has 2 saturated heterocycles. The fourth-order valence-corrected chi connectivity index (χ4v) is 10.00. The van der Waals surface area contributed by atoms with Gasteiger partial charge in [0.2, 0.25) is 0 Å². The standard InChI is InChI=1S/C46H56N6O4/c1-44(2,3)55-42(53)51-22-10-12-38(51)40-47-34-18-14-28(24-36(34)49-40)30-16-17-31(33-27-46(26-32(30)33)20-8-7-9-21-46)29-15-19-35-37(25-29)50-41(48-35)39-13-11-23-52(39)43(54)56-45(4,5)6/h14-19,24-25,38-39H,7-13,20-23,26-27H2,1-6H3,(H,47,49)(H,48,50)/t38-,39-/m0/s1. The van der Waals surface area contributed by atoms with Crippen molar-refractivity contribution in [1.82, 2.24) is 29.7 Å². The minimum Gasteiger partial charge on any atom is -0.444 e. The van der Waals surface area contributed by atoms with Gasteiger partial charge in [-0.25, -0.2) is 19.6 Å². The first kappa shape index (κ1) is 36.8. The molecule has 9 rings (SSSR count). The summed E-state index contributed by atoms with van der Waals surface area (Å²) in [7, 11) is 0. The Balaban J connectivity index is 1.04. The van der Waals surface area contributed by atoms with Crippen molar-refractivity contribution in [2.45, 2.75) is 135 Å². The number of hydrogen-bond acceptors (Lipinski definition) is 6. The largest absolute Gasteiger partial charge is 0.444 e. The second kappa shape index (κ2) is 13.7. The molecule has 294 valence electrons. The molecule has 2 N–H and O–H groups in total. The van der Waals surface area contributed by atoms with E-state index in [0.29, 0.717) is 18.5 Å². The van der Waals surface area contributed by atoms with Crippen molar-refractivity contribution >= 4 is 34.3 Å². The number of nitrogens with one attached hydrogen (secondary N) is 2. The van der Waals surface area contributed by atoms with E-state index < -0.39 is 11.2 Å². The number of rotatable bonds is 4. The zero-order chi connectivity index (χ0) is 39.0. The summed E-state index contributed by atoms with van der Waals surface area (Å²) >= 11 is 0. The molecule has 5 aromatic rings. The van der Waals surface area contributed by atoms with Crippen LogP contribution in [0.2, 0.25) is 0 Å². The van der Waals surface area contributed by atoms with Crippen LogP contribution in [0.3, 0.4) is 0 Å². The highest BCUT2D eigenvalue weighted by Gasteiger charge is 2.41. The maximum absolute atomic E-state index is 13.1. The Morgan fingerprint density at radius 3 is 1.52 bits per heavy atom. The summed E-state index contributed by atoms with van der Waals surface area (Å²) in [5.74, 6) is 1.65. The zero-order valence-electron chi connectivity index (χ0n) is 33.9. The molecule has 2 aliphatic carbocycles. The van der Waals surface area contributed by atoms with Crippen LogP contribution in [0, 0.1) is 5.41 Å². The molecular formula is C46H56N6O4. The van der Waals surface area contributed by atoms with Gasteiger partial charge in [-0.05, 0) is 156 Å². The number of likely N-dealkylation sites (tertiary alicyclic amines) is 2. The van der Waals surface area contributed by atoms with E-state index in [1.807, 2.05) is 51.3 Å². The number of nitrogens with zero attached hydrogens (tertiary/aromatic N) is 4. The number of hydrogen-bond donors (Lipinski definition) is 2. The quantitative estimate of drug-likeness (QED) is 0.189. The van der Waals surface area contributed by atoms with Gasteiger partial charge >= 0.3 is 12.2 Å². The summed E-state index contributed by atoms with van der Waals surface area (Å²) in [6.07, 6.45) is 11.7. The van der Waals surface area contributed by atoms with Crippen LogP contribution in [-0.2, 0) is 22.3 Å². The van der Waals surface area contributed by atoms with Gasteiger partial charge in [-0.3, -0.25) is 9.80 Å². The van der Waals surface area contributed by atoms with Crippen LogP contribution < -0.4 is 0 Å². The first-order chi connectivity index (χ1) is 26.7. The van der Waals surface area contributed by atoms with Crippen molar-refractivity contribution in [2.75, 3.05) is 13.1 Å². The van der Waals surface area contributed by atoms with Crippen molar-refractivity contribution in [3.63, 3.8) is 0 Å². The highest BCUT2D eigenvalue weighted by atomic mass is 16.6. The van der Waals surface area contributed by atoms with Crippen LogP contribution >= 0.6 is 0 Å². The number of H-pyrrole nitrogens is 2. The number of imidazole rings is 2. The highest BCUT2D eigenvalue weighted by Crippen LogP contribution is 2.52. The van der Waals surface area contributed by atoms with Gasteiger partial charge in [-0.2, -0.15) is 0 Å². The lowest BCUT2D eigenvalue weighted by atomic mass is 9.72. The summed E-state index contributed by atoms with van der Waals surface area (Å²) in [5.41, 5.74) is 11.0. The van der Waals surface area contributed by atoms with Gasteiger partial charge in [-0.15, -0.1) is 0 Å². The zero-order valence-corrected chi connectivity index (χ0v) is 33.9. The Morgan fingerprint density at radius 2 is 1.09 bits per heavy atom. The molecule has 2 aromatic heterocycles. The van der Waals surface area contributed by atoms with Gasteiger partial charge in [0.1, 0.15) is 22.9 Å². The molecule has 1 spiro atoms. The molecule has 4 heterocycles. The third-order valence-corrected chi connectivity index (χ3v) is 12.5. The molecule has 2 amide bonds. The SMILES string of the molecule is CC(C)(C)OC(=O)N1CCC[C@H]1c1nc2ccc(-c3ccc(-c4ccc5nc([C@@H]6CCCN6C(=O)OC(C)(C)C)[nH]c5c4)c4c3CC3(CCCCC3)C4)cc2[nH]1. The van der Waals surface area contributed by atoms with Crippen molar-refractivity contribution in [3.05, 3.63) is 71.3 Å². The topological polar surface area (TPSA) is 116 Å². The van der Waals surface area contributed by atoms with E-state index in [1.54, 1.807) is 0 Å². The smallest absolute Gasteiger partial charge is 0.410 e. The van der Waals surface area contributed by atoms with Crippen LogP contribution in [0.4, 0.5) is 9.59 Å². The van der Waals surface area contributed by atoms with Crippen LogP contribution in [0.5, 0.6) is 0 Å². The fraction of sp³-hybridized carbons (Fsp3) is 0.522. The number of carbonyl (C=O) groups is 2. The van der Waals surface area contributed by atoms with Gasteiger partial charge < -0.3 is 19.4 Å². The predicted octanol–water partition coefficient (Wildman–Crippen LogP) is 11.0. The molecule has 10 heteroatoms. The molecule has 3 fully saturated rings. The van der Waals surface area contributed by atoms with Gasteiger partial charge in [0.25, 0.3) is 0 Å². The average molecular weight is 757 g/mol. The van der Waals surface area contributed by atoms with Gasteiger partial charge in [-0.1, -0.05) is 43.5 Å². The molecule has 4 aliphatic rings. The Labute approximate surface area is 329 Å². The van der Waals surface area contributed by atoms with Gasteiger partial charge in [0, 0.05) is 13.1 Å². The van der Waals surface area contributed by atoms with Crippen LogP contribution in [0.1, 0.15) is 134 Å². The number of aromatic nitrogens is 4. The van der Waals surface area contributed by atoms with Crippen molar-refractivity contribution < 1.29 is 19.1 Å². The molecule has 3 aromatic carbocycles. The number of ether oxygens (including phenoxy) is 2. The van der Waals surface area contributed by atoms with E-state index in [1.165, 1.54) is 65.5 Å². The molecule has 56 heavy (non-hydrogen) atoms. The predicted molar refractivity (Wildman–Crippen MR) is 219 cm³/mol. The second-order valence-electron chi connectivity index (χ2n) is 18.9. The van der Waals surface area contributed by atoms with Crippen molar-refractivity contribution in [1.29, 1.82) is 0 Å².